The van der Waals surface area contributed by atoms with E-state index in [9.17, 15) is 30.4 Å². The third-order valence-electron chi connectivity index (χ3n) is 2.43. The Morgan fingerprint density at radius 2 is 1.68 bits per heavy atom. The van der Waals surface area contributed by atoms with Crippen LogP contribution in [0.25, 0.3) is 0 Å². The summed E-state index contributed by atoms with van der Waals surface area (Å²) < 4.78 is 85.7. The summed E-state index contributed by atoms with van der Waals surface area (Å²) in [5.74, 6) is -7.07. The minimum absolute atomic E-state index is 0.246. The van der Waals surface area contributed by atoms with Crippen molar-refractivity contribution in [2.45, 2.75) is 36.1 Å². The van der Waals surface area contributed by atoms with E-state index in [1.165, 1.54) is 0 Å². The Morgan fingerprint density at radius 3 is 2.05 bits per heavy atom. The van der Waals surface area contributed by atoms with Crippen molar-refractivity contribution in [3.8, 4) is 0 Å². The van der Waals surface area contributed by atoms with Gasteiger partial charge in [0.05, 0.1) is 0 Å². The van der Waals surface area contributed by atoms with Crippen LogP contribution in [0.5, 0.6) is 0 Å². The summed E-state index contributed by atoms with van der Waals surface area (Å²) in [6.07, 6.45) is -5.41. The summed E-state index contributed by atoms with van der Waals surface area (Å²) in [5, 5.41) is 4.40. The molecule has 0 radical (unpaired) electrons. The van der Waals surface area contributed by atoms with Crippen LogP contribution in [-0.2, 0) is 15.0 Å². The first-order valence-electron chi connectivity index (χ1n) is 4.81. The van der Waals surface area contributed by atoms with Crippen molar-refractivity contribution < 1.29 is 30.4 Å². The van der Waals surface area contributed by atoms with E-state index in [-0.39, 0.29) is 17.4 Å². The molecule has 0 spiro atoms. The lowest BCUT2D eigenvalue weighted by molar-refractivity contribution is -0.293. The number of rotatable bonds is 3. The SMILES string of the molecule is O=S(=O)(Cl)c1nnc(C(F)(F)C(F)(F)F)n1C1CC1. The highest BCUT2D eigenvalue weighted by molar-refractivity contribution is 8.13. The fourth-order valence-corrected chi connectivity index (χ4v) is 2.37. The van der Waals surface area contributed by atoms with Gasteiger partial charge in [-0.05, 0) is 12.8 Å². The van der Waals surface area contributed by atoms with Crippen molar-refractivity contribution in [3.05, 3.63) is 5.82 Å². The zero-order valence-electron chi connectivity index (χ0n) is 8.83. The zero-order valence-corrected chi connectivity index (χ0v) is 10.4. The molecule has 108 valence electrons. The largest absolute Gasteiger partial charge is 0.461 e. The molecule has 0 unspecified atom stereocenters. The molecular weight excluding hydrogens is 321 g/mol. The van der Waals surface area contributed by atoms with Gasteiger partial charge in [0.2, 0.25) is 5.82 Å². The van der Waals surface area contributed by atoms with Crippen molar-refractivity contribution in [1.82, 2.24) is 14.8 Å². The van der Waals surface area contributed by atoms with Crippen LogP contribution in [0.1, 0.15) is 24.7 Å². The average molecular weight is 326 g/mol. The molecule has 0 aliphatic heterocycles. The summed E-state index contributed by atoms with van der Waals surface area (Å²) in [7, 11) is 0.373. The Balaban J connectivity index is 2.63. The van der Waals surface area contributed by atoms with Crippen LogP contribution in [0.4, 0.5) is 22.0 Å². The van der Waals surface area contributed by atoms with Crippen LogP contribution in [-0.4, -0.2) is 29.4 Å². The van der Waals surface area contributed by atoms with Gasteiger partial charge in [-0.3, -0.25) is 4.57 Å². The maximum Gasteiger partial charge on any atom is 0.461 e. The number of aromatic nitrogens is 3. The molecule has 1 aliphatic carbocycles. The van der Waals surface area contributed by atoms with Gasteiger partial charge in [-0.25, -0.2) is 8.42 Å². The van der Waals surface area contributed by atoms with Gasteiger partial charge < -0.3 is 0 Å². The first kappa shape index (κ1) is 14.4. The van der Waals surface area contributed by atoms with Gasteiger partial charge in [0.1, 0.15) is 0 Å². The molecule has 12 heteroatoms. The lowest BCUT2D eigenvalue weighted by Crippen LogP contribution is -2.36. The molecule has 1 aromatic rings. The van der Waals surface area contributed by atoms with Crippen LogP contribution < -0.4 is 0 Å². The molecule has 0 N–H and O–H groups in total. The van der Waals surface area contributed by atoms with Crippen molar-refractivity contribution in [1.29, 1.82) is 0 Å². The van der Waals surface area contributed by atoms with Crippen molar-refractivity contribution >= 4 is 19.7 Å². The third kappa shape index (κ3) is 2.40. The zero-order chi connectivity index (χ0) is 14.6. The normalized spacial score (nSPS) is 17.8. The molecule has 19 heavy (non-hydrogen) atoms. The number of hydrogen-bond acceptors (Lipinski definition) is 4. The minimum atomic E-state index is -5.90. The molecule has 1 saturated carbocycles. The van der Waals surface area contributed by atoms with Crippen molar-refractivity contribution in [3.63, 3.8) is 0 Å². The molecule has 1 aliphatic rings. The monoisotopic (exact) mass is 325 g/mol. The Labute approximate surface area is 107 Å². The lowest BCUT2D eigenvalue weighted by atomic mass is 10.3. The van der Waals surface area contributed by atoms with E-state index in [0.29, 0.717) is 0 Å². The quantitative estimate of drug-likeness (QED) is 0.631. The Morgan fingerprint density at radius 1 is 1.16 bits per heavy atom. The van der Waals surface area contributed by atoms with Gasteiger partial charge in [-0.1, -0.05) is 0 Å². The van der Waals surface area contributed by atoms with Gasteiger partial charge in [0.25, 0.3) is 14.2 Å². The van der Waals surface area contributed by atoms with Crippen molar-refractivity contribution in [2.75, 3.05) is 0 Å². The Hall–Kier alpha value is -0.970. The Bertz CT molecular complexity index is 607. The fraction of sp³-hybridized carbons (Fsp3) is 0.714. The number of nitrogens with zero attached hydrogens (tertiary/aromatic N) is 3. The van der Waals surface area contributed by atoms with E-state index in [4.69, 9.17) is 10.7 Å². The van der Waals surface area contributed by atoms with E-state index < -0.39 is 38.2 Å². The summed E-state index contributed by atoms with van der Waals surface area (Å²) >= 11 is 0. The van der Waals surface area contributed by atoms with Crippen LogP contribution in [0.15, 0.2) is 5.16 Å². The lowest BCUT2D eigenvalue weighted by Gasteiger charge is -2.19. The molecule has 0 aromatic carbocycles. The Kier molecular flexibility index (Phi) is 3.05. The minimum Gasteiger partial charge on any atom is -0.292 e. The fourth-order valence-electron chi connectivity index (χ4n) is 1.45. The molecule has 1 heterocycles. The van der Waals surface area contributed by atoms with Gasteiger partial charge >= 0.3 is 12.1 Å². The van der Waals surface area contributed by atoms with Crippen LogP contribution in [0.3, 0.4) is 0 Å². The first-order chi connectivity index (χ1) is 8.46. The number of alkyl halides is 5. The number of hydrogen-bond donors (Lipinski definition) is 0. The second-order valence-electron chi connectivity index (χ2n) is 3.92. The summed E-state index contributed by atoms with van der Waals surface area (Å²) in [4.78, 5) is 0. The van der Waals surface area contributed by atoms with Crippen LogP contribution >= 0.6 is 10.7 Å². The molecule has 2 rings (SSSR count). The molecule has 0 saturated heterocycles. The van der Waals surface area contributed by atoms with Gasteiger partial charge in [0, 0.05) is 16.7 Å². The summed E-state index contributed by atoms with van der Waals surface area (Å²) in [6.45, 7) is 0. The summed E-state index contributed by atoms with van der Waals surface area (Å²) in [6, 6.07) is -0.818. The predicted molar refractivity (Wildman–Crippen MR) is 51.3 cm³/mol. The van der Waals surface area contributed by atoms with Crippen LogP contribution in [0.2, 0.25) is 0 Å². The molecular formula is C7H5ClF5N3O2S. The molecule has 0 atom stereocenters. The maximum atomic E-state index is 13.2. The highest BCUT2D eigenvalue weighted by Crippen LogP contribution is 2.47. The molecule has 1 aromatic heterocycles. The standard InChI is InChI=1S/C7H5ClF5N3O2S/c8-19(17,18)5-15-14-4(16(5)3-1-2-3)6(9,10)7(11,12)13/h3H,1-2H2. The van der Waals surface area contributed by atoms with E-state index in [1.807, 2.05) is 0 Å². The molecule has 5 nitrogen and oxygen atoms in total. The first-order valence-corrected chi connectivity index (χ1v) is 7.12. The third-order valence-corrected chi connectivity index (χ3v) is 3.56. The smallest absolute Gasteiger partial charge is 0.292 e. The van der Waals surface area contributed by atoms with E-state index >= 15 is 0 Å². The highest BCUT2D eigenvalue weighted by Gasteiger charge is 2.63. The van der Waals surface area contributed by atoms with E-state index in [1.54, 1.807) is 0 Å². The average Bonchev–Trinajstić information content (AvgIpc) is 2.92. The van der Waals surface area contributed by atoms with E-state index in [0.717, 1.165) is 0 Å². The van der Waals surface area contributed by atoms with Gasteiger partial charge in [-0.15, -0.1) is 10.2 Å². The second-order valence-corrected chi connectivity index (χ2v) is 6.38. The van der Waals surface area contributed by atoms with Crippen LogP contribution in [0, 0.1) is 0 Å². The molecule has 1 fully saturated rings. The van der Waals surface area contributed by atoms with Gasteiger partial charge in [0.15, 0.2) is 0 Å². The highest BCUT2D eigenvalue weighted by atomic mass is 35.7. The topological polar surface area (TPSA) is 64.8 Å². The molecule has 0 amide bonds. The van der Waals surface area contributed by atoms with E-state index in [2.05, 4.69) is 10.2 Å². The van der Waals surface area contributed by atoms with Gasteiger partial charge in [-0.2, -0.15) is 22.0 Å². The molecule has 0 bridgehead atoms. The maximum absolute atomic E-state index is 13.2. The summed E-state index contributed by atoms with van der Waals surface area (Å²) in [5.41, 5.74) is 0. The van der Waals surface area contributed by atoms with Crippen molar-refractivity contribution in [2.24, 2.45) is 0 Å². The second kappa shape index (κ2) is 4.01. The predicted octanol–water partition coefficient (Wildman–Crippen LogP) is 2.19. The number of halogens is 6.